The molecular formula is C13H17NO2. The molecule has 16 heavy (non-hydrogen) atoms. The quantitative estimate of drug-likeness (QED) is 0.774. The Morgan fingerprint density at radius 3 is 2.62 bits per heavy atom. The molecule has 0 heterocycles. The van der Waals surface area contributed by atoms with Crippen molar-refractivity contribution < 1.29 is 9.53 Å². The summed E-state index contributed by atoms with van der Waals surface area (Å²) in [4.78, 5) is 10.5. The summed E-state index contributed by atoms with van der Waals surface area (Å²) in [6, 6.07) is 8.08. The van der Waals surface area contributed by atoms with Crippen LogP contribution in [0.5, 0.6) is 0 Å². The molecule has 1 N–H and O–H groups in total. The number of nitrogens with one attached hydrogen (secondary N) is 1. The molecule has 0 fully saturated rings. The van der Waals surface area contributed by atoms with Crippen molar-refractivity contribution >= 4 is 17.7 Å². The lowest BCUT2D eigenvalue weighted by Crippen LogP contribution is -1.97. The van der Waals surface area contributed by atoms with E-state index >= 15 is 0 Å². The summed E-state index contributed by atoms with van der Waals surface area (Å²) in [6.45, 7) is 4.71. The zero-order valence-electron chi connectivity index (χ0n) is 9.69. The van der Waals surface area contributed by atoms with Crippen LogP contribution >= 0.6 is 0 Å². The Hall–Kier alpha value is -1.77. The zero-order valence-corrected chi connectivity index (χ0v) is 9.69. The molecule has 3 nitrogen and oxygen atoms in total. The van der Waals surface area contributed by atoms with E-state index in [0.717, 1.165) is 17.8 Å². The minimum Gasteiger partial charge on any atom is -0.462 e. The maximum absolute atomic E-state index is 10.5. The number of anilines is 1. The van der Waals surface area contributed by atoms with E-state index in [9.17, 15) is 4.79 Å². The van der Waals surface area contributed by atoms with Gasteiger partial charge in [-0.2, -0.15) is 0 Å². The molecule has 0 aliphatic heterocycles. The monoisotopic (exact) mass is 219 g/mol. The molecule has 0 aromatic heterocycles. The van der Waals surface area contributed by atoms with E-state index in [4.69, 9.17) is 4.74 Å². The SMILES string of the molecule is CCNc1ccc(/C=C/COC(C)=O)cc1. The molecule has 0 amide bonds. The predicted molar refractivity (Wildman–Crippen MR) is 66.3 cm³/mol. The Labute approximate surface area is 96.1 Å². The number of ether oxygens (including phenoxy) is 1. The second-order valence-electron chi connectivity index (χ2n) is 3.36. The van der Waals surface area contributed by atoms with Crippen LogP contribution in [0, 0.1) is 0 Å². The molecule has 0 radical (unpaired) electrons. The van der Waals surface area contributed by atoms with Gasteiger partial charge < -0.3 is 10.1 Å². The standard InChI is InChI=1S/C13H17NO2/c1-3-14-13-8-6-12(7-9-13)5-4-10-16-11(2)15/h4-9,14H,3,10H2,1-2H3/b5-4+. The second kappa shape index (κ2) is 6.67. The maximum Gasteiger partial charge on any atom is 0.302 e. The van der Waals surface area contributed by atoms with E-state index < -0.39 is 0 Å². The average molecular weight is 219 g/mol. The van der Waals surface area contributed by atoms with Gasteiger partial charge in [-0.25, -0.2) is 0 Å². The van der Waals surface area contributed by atoms with Crippen LogP contribution in [0.1, 0.15) is 19.4 Å². The van der Waals surface area contributed by atoms with E-state index in [-0.39, 0.29) is 5.97 Å². The average Bonchev–Trinajstić information content (AvgIpc) is 2.27. The van der Waals surface area contributed by atoms with Gasteiger partial charge in [-0.15, -0.1) is 0 Å². The molecule has 86 valence electrons. The molecule has 0 unspecified atom stereocenters. The van der Waals surface area contributed by atoms with Crippen molar-refractivity contribution in [3.8, 4) is 0 Å². The first-order valence-electron chi connectivity index (χ1n) is 5.36. The van der Waals surface area contributed by atoms with Gasteiger partial charge in [-0.1, -0.05) is 18.2 Å². The van der Waals surface area contributed by atoms with Crippen LogP contribution < -0.4 is 5.32 Å². The van der Waals surface area contributed by atoms with Crippen molar-refractivity contribution in [1.82, 2.24) is 0 Å². The van der Waals surface area contributed by atoms with Crippen LogP contribution in [0.3, 0.4) is 0 Å². The number of carbonyl (C=O) groups is 1. The summed E-state index contributed by atoms with van der Waals surface area (Å²) >= 11 is 0. The van der Waals surface area contributed by atoms with Crippen molar-refractivity contribution in [2.24, 2.45) is 0 Å². The van der Waals surface area contributed by atoms with Gasteiger partial charge in [-0.3, -0.25) is 4.79 Å². The lowest BCUT2D eigenvalue weighted by molar-refractivity contribution is -0.139. The summed E-state index contributed by atoms with van der Waals surface area (Å²) in [6.07, 6.45) is 3.75. The molecule has 1 aromatic carbocycles. The molecule has 0 saturated heterocycles. The fourth-order valence-electron chi connectivity index (χ4n) is 1.27. The van der Waals surface area contributed by atoms with Crippen LogP contribution in [0.15, 0.2) is 30.3 Å². The van der Waals surface area contributed by atoms with Gasteiger partial charge in [0.15, 0.2) is 0 Å². The summed E-state index contributed by atoms with van der Waals surface area (Å²) in [5.74, 6) is -0.257. The maximum atomic E-state index is 10.5. The molecule has 0 bridgehead atoms. The minimum atomic E-state index is -0.257. The Morgan fingerprint density at radius 2 is 2.06 bits per heavy atom. The van der Waals surface area contributed by atoms with Crippen molar-refractivity contribution in [2.75, 3.05) is 18.5 Å². The summed E-state index contributed by atoms with van der Waals surface area (Å²) < 4.78 is 4.79. The van der Waals surface area contributed by atoms with Crippen LogP contribution in [0.4, 0.5) is 5.69 Å². The van der Waals surface area contributed by atoms with Crippen molar-refractivity contribution in [2.45, 2.75) is 13.8 Å². The summed E-state index contributed by atoms with van der Waals surface area (Å²) in [5.41, 5.74) is 2.20. The summed E-state index contributed by atoms with van der Waals surface area (Å²) in [5, 5.41) is 3.22. The molecule has 1 rings (SSSR count). The van der Waals surface area contributed by atoms with Gasteiger partial charge in [0, 0.05) is 19.2 Å². The highest BCUT2D eigenvalue weighted by Gasteiger charge is 1.90. The normalized spacial score (nSPS) is 10.4. The third-order valence-corrected chi connectivity index (χ3v) is 1.98. The smallest absolute Gasteiger partial charge is 0.302 e. The Bertz CT molecular complexity index is 355. The Kier molecular flexibility index (Phi) is 5.12. The molecule has 3 heteroatoms. The third-order valence-electron chi connectivity index (χ3n) is 1.98. The number of rotatable bonds is 5. The van der Waals surface area contributed by atoms with Crippen LogP contribution in [-0.2, 0) is 9.53 Å². The molecule has 0 aliphatic carbocycles. The van der Waals surface area contributed by atoms with Gasteiger partial charge in [0.25, 0.3) is 0 Å². The molecular weight excluding hydrogens is 202 g/mol. The molecule has 0 saturated carbocycles. The van der Waals surface area contributed by atoms with Gasteiger partial charge in [0.2, 0.25) is 0 Å². The highest BCUT2D eigenvalue weighted by molar-refractivity contribution is 5.66. The topological polar surface area (TPSA) is 38.3 Å². The lowest BCUT2D eigenvalue weighted by Gasteiger charge is -2.02. The zero-order chi connectivity index (χ0) is 11.8. The first-order valence-corrected chi connectivity index (χ1v) is 5.36. The summed E-state index contributed by atoms with van der Waals surface area (Å²) in [7, 11) is 0. The number of hydrogen-bond acceptors (Lipinski definition) is 3. The lowest BCUT2D eigenvalue weighted by atomic mass is 10.2. The van der Waals surface area contributed by atoms with Crippen LogP contribution in [0.2, 0.25) is 0 Å². The number of hydrogen-bond donors (Lipinski definition) is 1. The molecule has 0 atom stereocenters. The largest absolute Gasteiger partial charge is 0.462 e. The van der Waals surface area contributed by atoms with Gasteiger partial charge in [-0.05, 0) is 30.7 Å². The van der Waals surface area contributed by atoms with E-state index in [1.54, 1.807) is 0 Å². The fraction of sp³-hybridized carbons (Fsp3) is 0.308. The number of benzene rings is 1. The number of esters is 1. The van der Waals surface area contributed by atoms with E-state index in [2.05, 4.69) is 12.2 Å². The van der Waals surface area contributed by atoms with Crippen LogP contribution in [-0.4, -0.2) is 19.1 Å². The van der Waals surface area contributed by atoms with E-state index in [1.165, 1.54) is 6.92 Å². The van der Waals surface area contributed by atoms with Crippen molar-refractivity contribution in [3.63, 3.8) is 0 Å². The third kappa shape index (κ3) is 4.64. The van der Waals surface area contributed by atoms with E-state index in [1.807, 2.05) is 36.4 Å². The molecule has 1 aromatic rings. The second-order valence-corrected chi connectivity index (χ2v) is 3.36. The first-order chi connectivity index (χ1) is 7.72. The van der Waals surface area contributed by atoms with Crippen LogP contribution in [0.25, 0.3) is 6.08 Å². The van der Waals surface area contributed by atoms with Gasteiger partial charge >= 0.3 is 5.97 Å². The van der Waals surface area contributed by atoms with Gasteiger partial charge in [0.05, 0.1) is 0 Å². The van der Waals surface area contributed by atoms with Gasteiger partial charge in [0.1, 0.15) is 6.61 Å². The Balaban J connectivity index is 2.45. The first kappa shape index (κ1) is 12.3. The van der Waals surface area contributed by atoms with Crippen molar-refractivity contribution in [3.05, 3.63) is 35.9 Å². The minimum absolute atomic E-state index is 0.257. The van der Waals surface area contributed by atoms with E-state index in [0.29, 0.717) is 6.61 Å². The highest BCUT2D eigenvalue weighted by atomic mass is 16.5. The predicted octanol–water partition coefficient (Wildman–Crippen LogP) is 2.69. The Morgan fingerprint density at radius 1 is 1.38 bits per heavy atom. The van der Waals surface area contributed by atoms with Crippen molar-refractivity contribution in [1.29, 1.82) is 0 Å². The highest BCUT2D eigenvalue weighted by Crippen LogP contribution is 2.10. The fourth-order valence-corrected chi connectivity index (χ4v) is 1.27. The molecule has 0 spiro atoms. The molecule has 0 aliphatic rings. The number of carbonyl (C=O) groups excluding carboxylic acids is 1.